The number of carbonyl (C=O) groups excluding carboxylic acids is 1. The van der Waals surface area contributed by atoms with E-state index in [1.54, 1.807) is 24.4 Å². The summed E-state index contributed by atoms with van der Waals surface area (Å²) in [4.78, 5) is 20.9. The van der Waals surface area contributed by atoms with Crippen molar-refractivity contribution >= 4 is 14.3 Å². The molecule has 1 unspecified atom stereocenters. The summed E-state index contributed by atoms with van der Waals surface area (Å²) in [6.07, 6.45) is 2.83. The number of hydrogen-bond acceptors (Lipinski definition) is 7. The molecule has 210 valence electrons. The van der Waals surface area contributed by atoms with Crippen LogP contribution in [-0.4, -0.2) is 31.4 Å². The number of carbonyl (C=O) groups is 1. The topological polar surface area (TPSA) is 83.7 Å². The van der Waals surface area contributed by atoms with Crippen molar-refractivity contribution in [3.8, 4) is 17.2 Å². The van der Waals surface area contributed by atoms with Crippen LogP contribution in [0.3, 0.4) is 0 Å². The normalized spacial score (nSPS) is 12.7. The molecule has 8 heteroatoms. The molecule has 4 aromatic rings. The Hall–Kier alpha value is -3.75. The Balaban J connectivity index is 1.49. The molecule has 7 nitrogen and oxygen atoms in total. The number of oxazole rings is 1. The van der Waals surface area contributed by atoms with E-state index in [1.807, 2.05) is 30.3 Å². The second-order valence-electron chi connectivity index (χ2n) is 11.3. The zero-order valence-electron chi connectivity index (χ0n) is 24.1. The molecule has 0 radical (unpaired) electrons. The van der Waals surface area contributed by atoms with E-state index >= 15 is 0 Å². The Labute approximate surface area is 237 Å². The fourth-order valence-electron chi connectivity index (χ4n) is 3.89. The molecular weight excluding hydrogens is 520 g/mol. The van der Waals surface area contributed by atoms with Crippen LogP contribution in [-0.2, 0) is 22.2 Å². The number of ether oxygens (including phenoxy) is 2. The maximum Gasteiger partial charge on any atom is 0.356 e. The van der Waals surface area contributed by atoms with Crippen LogP contribution in [0, 0.1) is 0 Å². The number of para-hydroxylation sites is 1. The maximum atomic E-state index is 12.0. The number of methoxy groups -OCH3 is 1. The van der Waals surface area contributed by atoms with Gasteiger partial charge in [-0.25, -0.2) is 14.8 Å². The summed E-state index contributed by atoms with van der Waals surface area (Å²) in [5, 5.41) is 0.0253. The first-order chi connectivity index (χ1) is 19.1. The Morgan fingerprint density at radius 3 is 2.33 bits per heavy atom. The Kier molecular flexibility index (Phi) is 9.22. The molecule has 0 saturated heterocycles. The first-order valence-corrected chi connectivity index (χ1v) is 16.4. The van der Waals surface area contributed by atoms with E-state index in [1.165, 1.54) is 12.7 Å². The van der Waals surface area contributed by atoms with Gasteiger partial charge in [-0.2, -0.15) is 0 Å². The molecule has 0 N–H and O–H groups in total. The average molecular weight is 559 g/mol. The van der Waals surface area contributed by atoms with Crippen molar-refractivity contribution in [2.45, 2.75) is 64.5 Å². The first-order valence-electron chi connectivity index (χ1n) is 13.5. The van der Waals surface area contributed by atoms with E-state index in [4.69, 9.17) is 18.3 Å². The van der Waals surface area contributed by atoms with Gasteiger partial charge in [-0.1, -0.05) is 69.3 Å². The third-order valence-corrected chi connectivity index (χ3v) is 11.8. The standard InChI is InChI=1S/C32H38N2O5Si/c1-32(2,3)40(5,6)39-28(30-33-21-29(38-30)26-13-10-14-27(34-26)31(35)36-4)20-19-23-15-17-24(18-16-23)22-37-25-11-8-7-9-12-25/h7-18,21,28H,19-20,22H2,1-6H3. The van der Waals surface area contributed by atoms with Crippen molar-refractivity contribution in [2.24, 2.45) is 0 Å². The number of rotatable bonds is 11. The second-order valence-corrected chi connectivity index (χ2v) is 16.0. The SMILES string of the molecule is COC(=O)c1cccc(-c2cnc(C(CCc3ccc(COc4ccccc4)cc3)O[Si](C)(C)C(C)(C)C)o2)n1. The largest absolute Gasteiger partial charge is 0.489 e. The highest BCUT2D eigenvalue weighted by atomic mass is 28.4. The predicted octanol–water partition coefficient (Wildman–Crippen LogP) is 7.80. The predicted molar refractivity (Wildman–Crippen MR) is 158 cm³/mol. The summed E-state index contributed by atoms with van der Waals surface area (Å²) >= 11 is 0. The maximum absolute atomic E-state index is 12.0. The number of benzene rings is 2. The van der Waals surface area contributed by atoms with Gasteiger partial charge in [0.1, 0.15) is 29.8 Å². The second kappa shape index (κ2) is 12.6. The number of aromatic nitrogens is 2. The number of hydrogen-bond donors (Lipinski definition) is 0. The van der Waals surface area contributed by atoms with Gasteiger partial charge in [0.25, 0.3) is 0 Å². The highest BCUT2D eigenvalue weighted by molar-refractivity contribution is 6.74. The van der Waals surface area contributed by atoms with Crippen molar-refractivity contribution < 1.29 is 23.1 Å². The third kappa shape index (κ3) is 7.46. The van der Waals surface area contributed by atoms with Crippen molar-refractivity contribution in [3.05, 3.63) is 102 Å². The molecule has 2 heterocycles. The van der Waals surface area contributed by atoms with Gasteiger partial charge < -0.3 is 18.3 Å². The lowest BCUT2D eigenvalue weighted by molar-refractivity contribution is 0.0594. The lowest BCUT2D eigenvalue weighted by Gasteiger charge is -2.38. The molecule has 4 rings (SSSR count). The summed E-state index contributed by atoms with van der Waals surface area (Å²) in [6.45, 7) is 11.6. The van der Waals surface area contributed by atoms with Gasteiger partial charge in [0.05, 0.1) is 13.3 Å². The Morgan fingerprint density at radius 1 is 0.950 bits per heavy atom. The Morgan fingerprint density at radius 2 is 1.65 bits per heavy atom. The van der Waals surface area contributed by atoms with E-state index in [0.717, 1.165) is 17.7 Å². The molecule has 0 aliphatic carbocycles. The minimum atomic E-state index is -2.13. The highest BCUT2D eigenvalue weighted by Gasteiger charge is 2.40. The van der Waals surface area contributed by atoms with Crippen LogP contribution in [0.15, 0.2) is 83.4 Å². The average Bonchev–Trinajstić information content (AvgIpc) is 3.45. The molecule has 0 bridgehead atoms. The smallest absolute Gasteiger partial charge is 0.356 e. The van der Waals surface area contributed by atoms with Crippen LogP contribution >= 0.6 is 0 Å². The van der Waals surface area contributed by atoms with E-state index in [0.29, 0.717) is 30.4 Å². The van der Waals surface area contributed by atoms with Crippen molar-refractivity contribution in [1.29, 1.82) is 0 Å². The summed E-state index contributed by atoms with van der Waals surface area (Å²) in [5.74, 6) is 1.35. The minimum Gasteiger partial charge on any atom is -0.489 e. The zero-order valence-corrected chi connectivity index (χ0v) is 25.1. The third-order valence-electron chi connectivity index (χ3n) is 7.31. The molecule has 0 saturated carbocycles. The molecule has 0 fully saturated rings. The molecule has 0 spiro atoms. The van der Waals surface area contributed by atoms with Gasteiger partial charge in [-0.15, -0.1) is 0 Å². The molecule has 2 aromatic carbocycles. The van der Waals surface area contributed by atoms with Crippen LogP contribution in [0.5, 0.6) is 5.75 Å². The first kappa shape index (κ1) is 29.2. The molecule has 1 atom stereocenters. The quantitative estimate of drug-likeness (QED) is 0.137. The summed E-state index contributed by atoms with van der Waals surface area (Å²) in [6, 6.07) is 23.4. The number of nitrogens with zero attached hydrogens (tertiary/aromatic N) is 2. The number of aryl methyl sites for hydroxylation is 1. The summed E-state index contributed by atoms with van der Waals surface area (Å²) in [7, 11) is -0.802. The van der Waals surface area contributed by atoms with Crippen LogP contribution in [0.1, 0.15) is 60.8 Å². The van der Waals surface area contributed by atoms with E-state index in [9.17, 15) is 4.79 Å². The van der Waals surface area contributed by atoms with Crippen LogP contribution in [0.25, 0.3) is 11.5 Å². The number of pyridine rings is 1. The molecular formula is C32H38N2O5Si. The highest BCUT2D eigenvalue weighted by Crippen LogP contribution is 2.41. The van der Waals surface area contributed by atoms with Crippen molar-refractivity contribution in [2.75, 3.05) is 7.11 Å². The molecule has 0 aliphatic heterocycles. The number of esters is 1. The monoisotopic (exact) mass is 558 g/mol. The van der Waals surface area contributed by atoms with Gasteiger partial charge in [0.15, 0.2) is 14.1 Å². The van der Waals surface area contributed by atoms with Crippen LogP contribution in [0.2, 0.25) is 18.1 Å². The van der Waals surface area contributed by atoms with Crippen LogP contribution in [0.4, 0.5) is 0 Å². The van der Waals surface area contributed by atoms with Gasteiger partial charge in [0, 0.05) is 0 Å². The van der Waals surface area contributed by atoms with Crippen LogP contribution < -0.4 is 4.74 Å². The van der Waals surface area contributed by atoms with E-state index < -0.39 is 14.3 Å². The zero-order chi connectivity index (χ0) is 28.8. The molecule has 2 aromatic heterocycles. The lowest BCUT2D eigenvalue weighted by Crippen LogP contribution is -2.42. The van der Waals surface area contributed by atoms with E-state index in [-0.39, 0.29) is 16.8 Å². The fraction of sp³-hybridized carbons (Fsp3) is 0.344. The lowest BCUT2D eigenvalue weighted by atomic mass is 10.1. The van der Waals surface area contributed by atoms with Gasteiger partial charge in [0.2, 0.25) is 5.89 Å². The summed E-state index contributed by atoms with van der Waals surface area (Å²) in [5.41, 5.74) is 3.04. The van der Waals surface area contributed by atoms with Crippen molar-refractivity contribution in [3.63, 3.8) is 0 Å². The van der Waals surface area contributed by atoms with E-state index in [2.05, 4.69) is 68.1 Å². The summed E-state index contributed by atoms with van der Waals surface area (Å²) < 4.78 is 23.7. The minimum absolute atomic E-state index is 0.0253. The van der Waals surface area contributed by atoms with Gasteiger partial charge in [-0.05, 0) is 66.4 Å². The fourth-order valence-corrected chi connectivity index (χ4v) is 5.18. The molecule has 40 heavy (non-hydrogen) atoms. The van der Waals surface area contributed by atoms with Gasteiger partial charge in [-0.3, -0.25) is 0 Å². The molecule has 0 aliphatic rings. The van der Waals surface area contributed by atoms with Gasteiger partial charge >= 0.3 is 5.97 Å². The molecule has 0 amide bonds. The Bertz CT molecular complexity index is 1390. The van der Waals surface area contributed by atoms with Crippen molar-refractivity contribution in [1.82, 2.24) is 9.97 Å².